The molecule has 0 heterocycles. The van der Waals surface area contributed by atoms with Crippen LogP contribution in [-0.2, 0) is 14.3 Å². The van der Waals surface area contributed by atoms with Gasteiger partial charge in [-0.15, -0.1) is 0 Å². The van der Waals surface area contributed by atoms with Crippen LogP contribution in [0.4, 0.5) is 0 Å². The highest BCUT2D eigenvalue weighted by Gasteiger charge is 2.14. The molecule has 82 valence electrons. The van der Waals surface area contributed by atoms with Crippen molar-refractivity contribution in [3.05, 3.63) is 0 Å². The van der Waals surface area contributed by atoms with Gasteiger partial charge < -0.3 is 9.47 Å². The van der Waals surface area contributed by atoms with E-state index in [0.717, 1.165) is 12.8 Å². The first-order valence-corrected chi connectivity index (χ1v) is 5.48. The van der Waals surface area contributed by atoms with Crippen LogP contribution in [0.25, 0.3) is 0 Å². The third kappa shape index (κ3) is 4.09. The number of esters is 1. The van der Waals surface area contributed by atoms with E-state index < -0.39 is 0 Å². The zero-order chi connectivity index (χ0) is 10.4. The summed E-state index contributed by atoms with van der Waals surface area (Å²) in [6.45, 7) is 3.77. The molecule has 3 nitrogen and oxygen atoms in total. The molecule has 0 radical (unpaired) electrons. The molecule has 0 aromatic heterocycles. The van der Waals surface area contributed by atoms with Crippen LogP contribution in [0.1, 0.15) is 46.0 Å². The van der Waals surface area contributed by atoms with Gasteiger partial charge in [0.1, 0.15) is 0 Å². The number of ether oxygens (including phenoxy) is 2. The average molecular weight is 200 g/mol. The van der Waals surface area contributed by atoms with Gasteiger partial charge in [-0.3, -0.25) is 4.79 Å². The van der Waals surface area contributed by atoms with Crippen molar-refractivity contribution in [3.8, 4) is 0 Å². The van der Waals surface area contributed by atoms with Crippen molar-refractivity contribution in [2.24, 2.45) is 5.92 Å². The zero-order valence-electron chi connectivity index (χ0n) is 9.12. The Bertz CT molecular complexity index is 171. The van der Waals surface area contributed by atoms with Crippen LogP contribution in [0.15, 0.2) is 0 Å². The first kappa shape index (κ1) is 11.5. The number of carbonyl (C=O) groups is 1. The molecule has 1 aliphatic rings. The van der Waals surface area contributed by atoms with Crippen molar-refractivity contribution in [3.63, 3.8) is 0 Å². The van der Waals surface area contributed by atoms with Gasteiger partial charge in [0.2, 0.25) is 0 Å². The lowest BCUT2D eigenvalue weighted by Crippen LogP contribution is -2.21. The van der Waals surface area contributed by atoms with Crippen LogP contribution in [0.5, 0.6) is 0 Å². The van der Waals surface area contributed by atoms with Gasteiger partial charge in [0.25, 0.3) is 0 Å². The Morgan fingerprint density at radius 3 is 2.50 bits per heavy atom. The molecule has 1 saturated carbocycles. The van der Waals surface area contributed by atoms with E-state index in [1.807, 2.05) is 13.8 Å². The fraction of sp³-hybridized carbons (Fsp3) is 0.909. The molecule has 0 saturated heterocycles. The SMILES string of the molecule is CC(C)C(=O)OCOC1CCCCC1. The highest BCUT2D eigenvalue weighted by Crippen LogP contribution is 2.20. The number of rotatable bonds is 4. The molecular formula is C11H20O3. The molecule has 14 heavy (non-hydrogen) atoms. The van der Waals surface area contributed by atoms with Crippen molar-refractivity contribution in [1.82, 2.24) is 0 Å². The average Bonchev–Trinajstić information content (AvgIpc) is 2.19. The van der Waals surface area contributed by atoms with Crippen LogP contribution >= 0.6 is 0 Å². The van der Waals surface area contributed by atoms with Gasteiger partial charge in [-0.05, 0) is 12.8 Å². The van der Waals surface area contributed by atoms with E-state index in [4.69, 9.17) is 9.47 Å². The lowest BCUT2D eigenvalue weighted by Gasteiger charge is -2.21. The molecule has 0 bridgehead atoms. The third-order valence-corrected chi connectivity index (χ3v) is 2.53. The van der Waals surface area contributed by atoms with E-state index in [1.165, 1.54) is 19.3 Å². The Hall–Kier alpha value is -0.570. The van der Waals surface area contributed by atoms with E-state index in [-0.39, 0.29) is 18.7 Å². The second kappa shape index (κ2) is 6.02. The molecule has 0 N–H and O–H groups in total. The monoisotopic (exact) mass is 200 g/mol. The van der Waals surface area contributed by atoms with Gasteiger partial charge in [0.05, 0.1) is 12.0 Å². The summed E-state index contributed by atoms with van der Waals surface area (Å²) >= 11 is 0. The maximum Gasteiger partial charge on any atom is 0.310 e. The number of hydrogen-bond donors (Lipinski definition) is 0. The molecule has 0 amide bonds. The molecule has 1 rings (SSSR count). The molecule has 0 aromatic carbocycles. The zero-order valence-corrected chi connectivity index (χ0v) is 9.12. The first-order valence-electron chi connectivity index (χ1n) is 5.48. The van der Waals surface area contributed by atoms with Crippen molar-refractivity contribution >= 4 is 5.97 Å². The lowest BCUT2D eigenvalue weighted by atomic mass is 9.98. The fourth-order valence-electron chi connectivity index (χ4n) is 1.59. The molecule has 3 heteroatoms. The summed E-state index contributed by atoms with van der Waals surface area (Å²) in [6.07, 6.45) is 6.32. The largest absolute Gasteiger partial charge is 0.438 e. The molecular weight excluding hydrogens is 180 g/mol. The summed E-state index contributed by atoms with van der Waals surface area (Å²) in [5.41, 5.74) is 0. The summed E-state index contributed by atoms with van der Waals surface area (Å²) in [5, 5.41) is 0. The number of carbonyl (C=O) groups excluding carboxylic acids is 1. The minimum atomic E-state index is -0.180. The van der Waals surface area contributed by atoms with Crippen molar-refractivity contribution in [1.29, 1.82) is 0 Å². The lowest BCUT2D eigenvalue weighted by molar-refractivity contribution is -0.165. The maximum atomic E-state index is 11.1. The van der Waals surface area contributed by atoms with Gasteiger partial charge in [-0.1, -0.05) is 33.1 Å². The Balaban J connectivity index is 2.05. The quantitative estimate of drug-likeness (QED) is 0.516. The van der Waals surface area contributed by atoms with E-state index in [0.29, 0.717) is 6.10 Å². The predicted octanol–water partition coefficient (Wildman–Crippen LogP) is 2.49. The topological polar surface area (TPSA) is 35.5 Å². The molecule has 0 aromatic rings. The molecule has 0 spiro atoms. The van der Waals surface area contributed by atoms with Crippen LogP contribution < -0.4 is 0 Å². The van der Waals surface area contributed by atoms with Gasteiger partial charge in [0, 0.05) is 0 Å². The Morgan fingerprint density at radius 2 is 1.93 bits per heavy atom. The number of hydrogen-bond acceptors (Lipinski definition) is 3. The van der Waals surface area contributed by atoms with E-state index in [1.54, 1.807) is 0 Å². The molecule has 0 atom stereocenters. The van der Waals surface area contributed by atoms with Crippen LogP contribution in [0.2, 0.25) is 0 Å². The van der Waals surface area contributed by atoms with Crippen molar-refractivity contribution in [2.45, 2.75) is 52.1 Å². The minimum Gasteiger partial charge on any atom is -0.438 e. The Kier molecular flexibility index (Phi) is 4.94. The summed E-state index contributed by atoms with van der Waals surface area (Å²) < 4.78 is 10.4. The molecule has 0 aliphatic heterocycles. The first-order chi connectivity index (χ1) is 6.70. The van der Waals surface area contributed by atoms with E-state index >= 15 is 0 Å². The summed E-state index contributed by atoms with van der Waals surface area (Å²) in [4.78, 5) is 11.1. The van der Waals surface area contributed by atoms with Gasteiger partial charge >= 0.3 is 5.97 Å². The fourth-order valence-corrected chi connectivity index (χ4v) is 1.59. The van der Waals surface area contributed by atoms with Crippen molar-refractivity contribution in [2.75, 3.05) is 6.79 Å². The predicted molar refractivity (Wildman–Crippen MR) is 53.8 cm³/mol. The third-order valence-electron chi connectivity index (χ3n) is 2.53. The Labute approximate surface area is 85.8 Å². The summed E-state index contributed by atoms with van der Waals surface area (Å²) in [7, 11) is 0. The maximum absolute atomic E-state index is 11.1. The van der Waals surface area contributed by atoms with Gasteiger partial charge in [0.15, 0.2) is 6.79 Å². The summed E-state index contributed by atoms with van der Waals surface area (Å²) in [5.74, 6) is -0.245. The van der Waals surface area contributed by atoms with Gasteiger partial charge in [-0.25, -0.2) is 0 Å². The van der Waals surface area contributed by atoms with Gasteiger partial charge in [-0.2, -0.15) is 0 Å². The molecule has 1 fully saturated rings. The highest BCUT2D eigenvalue weighted by atomic mass is 16.7. The van der Waals surface area contributed by atoms with E-state index in [2.05, 4.69) is 0 Å². The van der Waals surface area contributed by atoms with E-state index in [9.17, 15) is 4.79 Å². The standard InChI is InChI=1S/C11H20O3/c1-9(2)11(12)14-8-13-10-6-4-3-5-7-10/h9-10H,3-8H2,1-2H3. The van der Waals surface area contributed by atoms with Crippen LogP contribution in [-0.4, -0.2) is 18.9 Å². The van der Waals surface area contributed by atoms with Crippen LogP contribution in [0, 0.1) is 5.92 Å². The molecule has 0 unspecified atom stereocenters. The van der Waals surface area contributed by atoms with Crippen LogP contribution in [0.3, 0.4) is 0 Å². The highest BCUT2D eigenvalue weighted by molar-refractivity contribution is 5.71. The minimum absolute atomic E-state index is 0.0649. The second-order valence-electron chi connectivity index (χ2n) is 4.16. The normalized spacial score (nSPS) is 18.5. The smallest absolute Gasteiger partial charge is 0.310 e. The van der Waals surface area contributed by atoms with Crippen molar-refractivity contribution < 1.29 is 14.3 Å². The molecule has 1 aliphatic carbocycles. The summed E-state index contributed by atoms with van der Waals surface area (Å²) in [6, 6.07) is 0. The second-order valence-corrected chi connectivity index (χ2v) is 4.16. The Morgan fingerprint density at radius 1 is 1.29 bits per heavy atom.